The molecular formula is C22H28ClNO2. The van der Waals surface area contributed by atoms with E-state index in [1.807, 2.05) is 6.92 Å². The molecule has 2 aromatic rings. The van der Waals surface area contributed by atoms with Gasteiger partial charge in [0, 0.05) is 16.5 Å². The van der Waals surface area contributed by atoms with Crippen LogP contribution in [0.4, 0.5) is 0 Å². The minimum Gasteiger partial charge on any atom is -1.00 e. The molecule has 0 radical (unpaired) electrons. The van der Waals surface area contributed by atoms with Gasteiger partial charge in [-0.05, 0) is 61.7 Å². The Hall–Kier alpha value is -1.71. The maximum absolute atomic E-state index is 5.60. The molecule has 0 amide bonds. The lowest BCUT2D eigenvalue weighted by atomic mass is 9.71. The zero-order valence-electron chi connectivity index (χ0n) is 15.6. The van der Waals surface area contributed by atoms with Gasteiger partial charge in [-0.25, -0.2) is 0 Å². The van der Waals surface area contributed by atoms with Crippen molar-refractivity contribution in [3.05, 3.63) is 59.2 Å². The monoisotopic (exact) mass is 373 g/mol. The van der Waals surface area contributed by atoms with Crippen LogP contribution in [0.5, 0.6) is 11.5 Å². The Morgan fingerprint density at radius 3 is 2.38 bits per heavy atom. The molecule has 4 heteroatoms. The predicted molar refractivity (Wildman–Crippen MR) is 99.4 cm³/mol. The summed E-state index contributed by atoms with van der Waals surface area (Å²) >= 11 is 0. The Bertz CT molecular complexity index is 738. The highest BCUT2D eigenvalue weighted by molar-refractivity contribution is 5.47. The fraction of sp³-hybridized carbons (Fsp3) is 0.455. The molecule has 1 atom stereocenters. The third-order valence-electron chi connectivity index (χ3n) is 6.02. The molecule has 2 N–H and O–H groups in total. The number of quaternary nitrogens is 1. The van der Waals surface area contributed by atoms with Crippen LogP contribution in [0.3, 0.4) is 0 Å². The molecule has 1 unspecified atom stereocenters. The quantitative estimate of drug-likeness (QED) is 0.850. The lowest BCUT2D eigenvalue weighted by molar-refractivity contribution is -0.698. The molecule has 26 heavy (non-hydrogen) atoms. The third kappa shape index (κ3) is 3.30. The van der Waals surface area contributed by atoms with Gasteiger partial charge < -0.3 is 27.2 Å². The first kappa shape index (κ1) is 19.1. The molecule has 140 valence electrons. The van der Waals surface area contributed by atoms with Crippen molar-refractivity contribution in [1.82, 2.24) is 0 Å². The maximum atomic E-state index is 5.60. The third-order valence-corrected chi connectivity index (χ3v) is 6.02. The molecule has 0 bridgehead atoms. The SMILES string of the molecule is CCOc1ccc(C2[NH2+]CC3(CCCC3)c3ccc(OC)cc32)cc1.[Cl-]. The summed E-state index contributed by atoms with van der Waals surface area (Å²) in [5.74, 6) is 1.90. The van der Waals surface area contributed by atoms with E-state index in [1.54, 1.807) is 12.7 Å². The van der Waals surface area contributed by atoms with E-state index in [-0.39, 0.29) is 12.4 Å². The van der Waals surface area contributed by atoms with Gasteiger partial charge in [-0.1, -0.05) is 18.9 Å². The van der Waals surface area contributed by atoms with Crippen LogP contribution >= 0.6 is 0 Å². The lowest BCUT2D eigenvalue weighted by Gasteiger charge is -2.38. The van der Waals surface area contributed by atoms with Crippen molar-refractivity contribution in [3.8, 4) is 11.5 Å². The van der Waals surface area contributed by atoms with Gasteiger partial charge in [0.25, 0.3) is 0 Å². The fourth-order valence-electron chi connectivity index (χ4n) is 4.77. The number of hydrogen-bond acceptors (Lipinski definition) is 2. The minimum absolute atomic E-state index is 0. The Kier molecular flexibility index (Phi) is 5.79. The van der Waals surface area contributed by atoms with E-state index in [2.05, 4.69) is 47.8 Å². The van der Waals surface area contributed by atoms with Gasteiger partial charge in [0.2, 0.25) is 0 Å². The molecule has 0 aromatic heterocycles. The van der Waals surface area contributed by atoms with Crippen molar-refractivity contribution in [3.63, 3.8) is 0 Å². The Balaban J connectivity index is 0.00000196. The van der Waals surface area contributed by atoms with E-state index in [0.29, 0.717) is 18.1 Å². The van der Waals surface area contributed by atoms with E-state index in [9.17, 15) is 0 Å². The van der Waals surface area contributed by atoms with Gasteiger partial charge >= 0.3 is 0 Å². The number of methoxy groups -OCH3 is 1. The lowest BCUT2D eigenvalue weighted by Crippen LogP contribution is -3.00. The summed E-state index contributed by atoms with van der Waals surface area (Å²) < 4.78 is 11.1. The highest BCUT2D eigenvalue weighted by atomic mass is 35.5. The highest BCUT2D eigenvalue weighted by Crippen LogP contribution is 2.45. The number of nitrogens with two attached hydrogens (primary N) is 1. The second-order valence-electron chi connectivity index (χ2n) is 7.36. The van der Waals surface area contributed by atoms with Gasteiger partial charge in [-0.2, -0.15) is 0 Å². The summed E-state index contributed by atoms with van der Waals surface area (Å²) in [6.45, 7) is 3.91. The average molecular weight is 374 g/mol. The molecule has 1 spiro atoms. The summed E-state index contributed by atoms with van der Waals surface area (Å²) in [6.07, 6.45) is 5.34. The standard InChI is InChI=1S/C22H27NO2.ClH/c1-3-25-17-8-6-16(7-9-17)21-19-14-18(24-2)10-11-20(19)22(15-23-21)12-4-5-13-22;/h6-11,14,21,23H,3-5,12-13,15H2,1-2H3;1H. The molecule has 1 saturated carbocycles. The van der Waals surface area contributed by atoms with Crippen LogP contribution in [0.2, 0.25) is 0 Å². The molecule has 2 aliphatic rings. The van der Waals surface area contributed by atoms with Crippen LogP contribution in [0.1, 0.15) is 55.3 Å². The number of rotatable bonds is 4. The smallest absolute Gasteiger partial charge is 0.138 e. The van der Waals surface area contributed by atoms with Crippen molar-refractivity contribution in [2.75, 3.05) is 20.3 Å². The molecule has 0 saturated heterocycles. The topological polar surface area (TPSA) is 35.1 Å². The van der Waals surface area contributed by atoms with Gasteiger partial charge in [0.1, 0.15) is 17.5 Å². The number of benzene rings is 2. The van der Waals surface area contributed by atoms with Crippen LogP contribution in [-0.2, 0) is 5.41 Å². The minimum atomic E-state index is 0. The van der Waals surface area contributed by atoms with Gasteiger partial charge in [0.05, 0.1) is 20.3 Å². The zero-order chi connectivity index (χ0) is 17.3. The molecule has 1 aliphatic carbocycles. The highest BCUT2D eigenvalue weighted by Gasteiger charge is 2.44. The fourth-order valence-corrected chi connectivity index (χ4v) is 4.77. The Labute approximate surface area is 162 Å². The van der Waals surface area contributed by atoms with Crippen LogP contribution < -0.4 is 27.2 Å². The predicted octanol–water partition coefficient (Wildman–Crippen LogP) is 0.576. The van der Waals surface area contributed by atoms with Crippen molar-refractivity contribution in [2.45, 2.75) is 44.1 Å². The van der Waals surface area contributed by atoms with Crippen molar-refractivity contribution in [2.24, 2.45) is 0 Å². The molecule has 1 aliphatic heterocycles. The maximum Gasteiger partial charge on any atom is 0.138 e. The number of fused-ring (bicyclic) bond motifs is 2. The number of hydrogen-bond donors (Lipinski definition) is 1. The van der Waals surface area contributed by atoms with E-state index in [1.165, 1.54) is 43.4 Å². The van der Waals surface area contributed by atoms with Crippen molar-refractivity contribution >= 4 is 0 Å². The van der Waals surface area contributed by atoms with Gasteiger partial charge in [-0.3, -0.25) is 0 Å². The number of ether oxygens (including phenoxy) is 2. The van der Waals surface area contributed by atoms with Gasteiger partial charge in [0.15, 0.2) is 0 Å². The second-order valence-corrected chi connectivity index (χ2v) is 7.36. The molecule has 1 fully saturated rings. The number of halogens is 1. The van der Waals surface area contributed by atoms with E-state index < -0.39 is 0 Å². The first-order valence-electron chi connectivity index (χ1n) is 9.50. The Morgan fingerprint density at radius 2 is 1.73 bits per heavy atom. The molecule has 1 heterocycles. The van der Waals surface area contributed by atoms with Crippen LogP contribution in [-0.4, -0.2) is 20.3 Å². The molecule has 3 nitrogen and oxygen atoms in total. The van der Waals surface area contributed by atoms with E-state index >= 15 is 0 Å². The van der Waals surface area contributed by atoms with Crippen LogP contribution in [0, 0.1) is 0 Å². The first-order chi connectivity index (χ1) is 12.3. The summed E-state index contributed by atoms with van der Waals surface area (Å²) in [7, 11) is 1.76. The Morgan fingerprint density at radius 1 is 1.04 bits per heavy atom. The molecule has 4 rings (SSSR count). The summed E-state index contributed by atoms with van der Waals surface area (Å²) in [4.78, 5) is 0. The largest absolute Gasteiger partial charge is 1.00 e. The molecular weight excluding hydrogens is 346 g/mol. The summed E-state index contributed by atoms with van der Waals surface area (Å²) in [6, 6.07) is 15.7. The first-order valence-corrected chi connectivity index (χ1v) is 9.50. The van der Waals surface area contributed by atoms with Crippen LogP contribution in [0.25, 0.3) is 0 Å². The van der Waals surface area contributed by atoms with E-state index in [0.717, 1.165) is 11.5 Å². The normalized spacial score (nSPS) is 20.3. The average Bonchev–Trinajstić information content (AvgIpc) is 3.12. The summed E-state index contributed by atoms with van der Waals surface area (Å²) in [5.41, 5.74) is 4.68. The van der Waals surface area contributed by atoms with Crippen molar-refractivity contribution < 1.29 is 27.2 Å². The van der Waals surface area contributed by atoms with E-state index in [4.69, 9.17) is 9.47 Å². The van der Waals surface area contributed by atoms with Crippen LogP contribution in [0.15, 0.2) is 42.5 Å². The second kappa shape index (κ2) is 7.89. The molecule has 2 aromatic carbocycles. The van der Waals surface area contributed by atoms with Gasteiger partial charge in [-0.15, -0.1) is 0 Å². The summed E-state index contributed by atoms with van der Waals surface area (Å²) in [5, 5.41) is 2.53. The zero-order valence-corrected chi connectivity index (χ0v) is 16.4. The van der Waals surface area contributed by atoms with Crippen molar-refractivity contribution in [1.29, 1.82) is 0 Å².